The van der Waals surface area contributed by atoms with Gasteiger partial charge in [-0.2, -0.15) is 0 Å². The van der Waals surface area contributed by atoms with E-state index in [1.165, 1.54) is 0 Å². The first-order valence-electron chi connectivity index (χ1n) is 7.87. The Balaban J connectivity index is 1.41. The molecule has 0 saturated carbocycles. The van der Waals surface area contributed by atoms with Gasteiger partial charge in [0.2, 0.25) is 5.91 Å². The number of nitrogens with zero attached hydrogens (tertiary/aromatic N) is 2. The number of aromatic amines is 1. The average Bonchev–Trinajstić information content (AvgIpc) is 3.22. The van der Waals surface area contributed by atoms with E-state index in [2.05, 4.69) is 4.98 Å². The van der Waals surface area contributed by atoms with Crippen LogP contribution in [0.15, 0.2) is 22.8 Å². The van der Waals surface area contributed by atoms with E-state index in [1.54, 1.807) is 12.3 Å². The van der Waals surface area contributed by atoms with Gasteiger partial charge in [-0.05, 0) is 19.3 Å². The molecule has 2 aromatic heterocycles. The number of H-pyrrole nitrogens is 1. The highest BCUT2D eigenvalue weighted by atomic mass is 16.3. The zero-order valence-corrected chi connectivity index (χ0v) is 12.4. The lowest BCUT2D eigenvalue weighted by Crippen LogP contribution is -2.47. The number of hydrogen-bond acceptors (Lipinski definition) is 3. The van der Waals surface area contributed by atoms with Gasteiger partial charge in [-0.15, -0.1) is 0 Å². The molecule has 1 N–H and O–H groups in total. The Morgan fingerprint density at radius 1 is 1.27 bits per heavy atom. The van der Waals surface area contributed by atoms with Crippen molar-refractivity contribution in [2.45, 2.75) is 31.7 Å². The summed E-state index contributed by atoms with van der Waals surface area (Å²) >= 11 is 0. The van der Waals surface area contributed by atoms with Crippen molar-refractivity contribution in [1.82, 2.24) is 14.8 Å². The minimum atomic E-state index is 0.0117. The third kappa shape index (κ3) is 2.19. The van der Waals surface area contributed by atoms with Crippen LogP contribution in [0, 0.1) is 0 Å². The van der Waals surface area contributed by atoms with Gasteiger partial charge in [0.25, 0.3) is 5.91 Å². The summed E-state index contributed by atoms with van der Waals surface area (Å²) in [6.45, 7) is 2.28. The fourth-order valence-corrected chi connectivity index (χ4v) is 3.57. The number of hydrogen-bond donors (Lipinski definition) is 1. The lowest BCUT2D eigenvalue weighted by molar-refractivity contribution is -0.130. The van der Waals surface area contributed by atoms with E-state index in [0.29, 0.717) is 36.8 Å². The van der Waals surface area contributed by atoms with Crippen LogP contribution in [0.4, 0.5) is 0 Å². The average molecular weight is 301 g/mol. The molecule has 2 amide bonds. The number of amides is 2. The van der Waals surface area contributed by atoms with E-state index in [9.17, 15) is 9.59 Å². The molecule has 2 aromatic rings. The Labute approximate surface area is 128 Å². The summed E-state index contributed by atoms with van der Waals surface area (Å²) in [5.41, 5.74) is 2.13. The van der Waals surface area contributed by atoms with Crippen LogP contribution in [-0.4, -0.2) is 52.3 Å². The number of nitrogens with one attached hydrogen (secondary N) is 1. The molecule has 0 unspecified atom stereocenters. The zero-order chi connectivity index (χ0) is 15.1. The molecule has 0 atom stereocenters. The topological polar surface area (TPSA) is 69.6 Å². The Morgan fingerprint density at radius 2 is 2.09 bits per heavy atom. The van der Waals surface area contributed by atoms with Crippen LogP contribution < -0.4 is 0 Å². The quantitative estimate of drug-likeness (QED) is 0.922. The minimum absolute atomic E-state index is 0.0117. The van der Waals surface area contributed by atoms with Crippen molar-refractivity contribution < 1.29 is 14.0 Å². The van der Waals surface area contributed by atoms with E-state index in [1.807, 2.05) is 15.9 Å². The van der Waals surface area contributed by atoms with Crippen LogP contribution in [0.2, 0.25) is 0 Å². The van der Waals surface area contributed by atoms with Gasteiger partial charge < -0.3 is 19.2 Å². The molecule has 0 radical (unpaired) electrons. The number of likely N-dealkylation sites (tertiary alicyclic amines) is 2. The molecule has 6 nitrogen and oxygen atoms in total. The number of rotatable bonds is 2. The Kier molecular flexibility index (Phi) is 3.17. The number of carbonyl (C=O) groups excluding carboxylic acids is 2. The summed E-state index contributed by atoms with van der Waals surface area (Å²) in [7, 11) is 0. The van der Waals surface area contributed by atoms with Gasteiger partial charge in [0.05, 0.1) is 11.8 Å². The van der Waals surface area contributed by atoms with E-state index < -0.39 is 0 Å². The first kappa shape index (κ1) is 13.4. The molecular formula is C16H19N3O3. The maximum atomic E-state index is 12.5. The van der Waals surface area contributed by atoms with Crippen LogP contribution in [-0.2, 0) is 4.79 Å². The van der Waals surface area contributed by atoms with Gasteiger partial charge in [-0.1, -0.05) is 0 Å². The zero-order valence-electron chi connectivity index (χ0n) is 12.4. The normalized spacial score (nSPS) is 20.3. The first-order valence-corrected chi connectivity index (χ1v) is 7.87. The molecule has 2 fully saturated rings. The van der Waals surface area contributed by atoms with Crippen LogP contribution in [0.1, 0.15) is 36.2 Å². The molecule has 0 spiro atoms. The van der Waals surface area contributed by atoms with E-state index in [4.69, 9.17) is 4.42 Å². The molecule has 116 valence electrons. The molecular weight excluding hydrogens is 282 g/mol. The van der Waals surface area contributed by atoms with Gasteiger partial charge in [0.15, 0.2) is 5.58 Å². The molecule has 4 rings (SSSR count). The second kappa shape index (κ2) is 5.19. The third-order valence-corrected chi connectivity index (χ3v) is 4.77. The monoisotopic (exact) mass is 301 g/mol. The van der Waals surface area contributed by atoms with E-state index >= 15 is 0 Å². The molecule has 0 bridgehead atoms. The summed E-state index contributed by atoms with van der Waals surface area (Å²) in [5, 5.41) is 0. The lowest BCUT2D eigenvalue weighted by Gasteiger charge is -2.36. The number of aromatic nitrogens is 1. The molecule has 2 aliphatic heterocycles. The number of carbonyl (C=O) groups is 2. The highest BCUT2D eigenvalue weighted by molar-refractivity contribution is 5.96. The molecule has 0 aromatic carbocycles. The highest BCUT2D eigenvalue weighted by Crippen LogP contribution is 2.24. The van der Waals surface area contributed by atoms with Gasteiger partial charge in [0, 0.05) is 44.2 Å². The predicted molar refractivity (Wildman–Crippen MR) is 80.4 cm³/mol. The second-order valence-electron chi connectivity index (χ2n) is 6.10. The minimum Gasteiger partial charge on any atom is -0.463 e. The van der Waals surface area contributed by atoms with Crippen molar-refractivity contribution in [3.8, 4) is 0 Å². The maximum Gasteiger partial charge on any atom is 0.270 e. The van der Waals surface area contributed by atoms with Gasteiger partial charge in [-0.3, -0.25) is 9.59 Å². The van der Waals surface area contributed by atoms with Crippen molar-refractivity contribution in [2.24, 2.45) is 0 Å². The lowest BCUT2D eigenvalue weighted by atomic mass is 10.0. The Morgan fingerprint density at radius 3 is 2.77 bits per heavy atom. The highest BCUT2D eigenvalue weighted by Gasteiger charge is 2.32. The van der Waals surface area contributed by atoms with Crippen molar-refractivity contribution in [3.05, 3.63) is 24.1 Å². The van der Waals surface area contributed by atoms with Crippen molar-refractivity contribution in [1.29, 1.82) is 0 Å². The fourth-order valence-electron chi connectivity index (χ4n) is 3.57. The number of fused-ring (bicyclic) bond motifs is 1. The number of furan rings is 1. The molecule has 6 heteroatoms. The molecule has 0 aliphatic carbocycles. The third-order valence-electron chi connectivity index (χ3n) is 4.77. The van der Waals surface area contributed by atoms with Crippen LogP contribution >= 0.6 is 0 Å². The predicted octanol–water partition coefficient (Wildman–Crippen LogP) is 1.99. The summed E-state index contributed by atoms with van der Waals surface area (Å²) < 4.78 is 5.29. The molecule has 4 heterocycles. The maximum absolute atomic E-state index is 12.5. The van der Waals surface area contributed by atoms with Gasteiger partial charge in [0.1, 0.15) is 5.69 Å². The van der Waals surface area contributed by atoms with Gasteiger partial charge in [-0.25, -0.2) is 0 Å². The van der Waals surface area contributed by atoms with Gasteiger partial charge >= 0.3 is 0 Å². The van der Waals surface area contributed by atoms with Crippen LogP contribution in [0.5, 0.6) is 0 Å². The Bertz CT molecular complexity index is 681. The van der Waals surface area contributed by atoms with Crippen molar-refractivity contribution in [3.63, 3.8) is 0 Å². The summed E-state index contributed by atoms with van der Waals surface area (Å²) in [5.74, 6) is 0.284. The fraction of sp³-hybridized carbons (Fsp3) is 0.500. The molecule has 2 aliphatic rings. The summed E-state index contributed by atoms with van der Waals surface area (Å²) in [6, 6.07) is 3.88. The standard InChI is InChI=1S/C16H19N3O3/c20-15-2-1-6-19(15)11-3-7-18(8-4-11)16(21)13-10-14-12(17-13)5-9-22-14/h5,9-11,17H,1-4,6-8H2. The largest absolute Gasteiger partial charge is 0.463 e. The molecule has 22 heavy (non-hydrogen) atoms. The smallest absolute Gasteiger partial charge is 0.270 e. The van der Waals surface area contributed by atoms with Crippen LogP contribution in [0.25, 0.3) is 11.1 Å². The van der Waals surface area contributed by atoms with Crippen LogP contribution in [0.3, 0.4) is 0 Å². The first-order chi connectivity index (χ1) is 10.7. The van der Waals surface area contributed by atoms with E-state index in [0.717, 1.165) is 31.3 Å². The SMILES string of the molecule is O=C(c1cc2occc2[nH]1)N1CCC(N2CCCC2=O)CC1. The Hall–Kier alpha value is -2.24. The van der Waals surface area contributed by atoms with E-state index in [-0.39, 0.29) is 11.8 Å². The number of piperidine rings is 1. The summed E-state index contributed by atoms with van der Waals surface area (Å²) in [4.78, 5) is 31.3. The summed E-state index contributed by atoms with van der Waals surface area (Å²) in [6.07, 6.45) is 5.00. The van der Waals surface area contributed by atoms with Crippen molar-refractivity contribution in [2.75, 3.05) is 19.6 Å². The second-order valence-corrected chi connectivity index (χ2v) is 6.10. The molecule has 2 saturated heterocycles. The van der Waals surface area contributed by atoms with Crippen molar-refractivity contribution >= 4 is 22.9 Å².